The maximum absolute atomic E-state index is 12.7. The number of aryl methyl sites for hydroxylation is 2. The Morgan fingerprint density at radius 1 is 1.17 bits per heavy atom. The van der Waals surface area contributed by atoms with Crippen LogP contribution in [0.3, 0.4) is 0 Å². The van der Waals surface area contributed by atoms with Crippen molar-refractivity contribution in [3.05, 3.63) is 47.0 Å². The quantitative estimate of drug-likeness (QED) is 0.592. The molecule has 4 bridgehead atoms. The predicted molar refractivity (Wildman–Crippen MR) is 114 cm³/mol. The highest BCUT2D eigenvalue weighted by Gasteiger charge is 2.20. The van der Waals surface area contributed by atoms with Crippen LogP contribution in [-0.4, -0.2) is 44.7 Å². The molecule has 8 nitrogen and oxygen atoms in total. The average molecular weight is 426 g/mol. The number of ketones is 1. The molecule has 0 radical (unpaired) electrons. The van der Waals surface area contributed by atoms with Crippen molar-refractivity contribution in [1.29, 1.82) is 0 Å². The second kappa shape index (κ2) is 9.27. The number of Topliss-reactive ketones (excluding diaryl/α,β-unsaturated/α-hetero) is 1. The molecule has 0 aromatic carbocycles. The largest absolute Gasteiger partial charge is 0.381 e. The van der Waals surface area contributed by atoms with Crippen molar-refractivity contribution in [2.24, 2.45) is 7.05 Å². The number of rotatable bonds is 0. The van der Waals surface area contributed by atoms with E-state index in [1.165, 1.54) is 16.0 Å². The van der Waals surface area contributed by atoms with Gasteiger partial charge in [-0.2, -0.15) is 5.10 Å². The minimum Gasteiger partial charge on any atom is -0.381 e. The van der Waals surface area contributed by atoms with E-state index in [1.54, 1.807) is 24.8 Å². The molecule has 1 N–H and O–H groups in total. The van der Waals surface area contributed by atoms with Gasteiger partial charge < -0.3 is 10.1 Å². The Balaban J connectivity index is 1.61. The maximum atomic E-state index is 12.7. The molecule has 156 valence electrons. The van der Waals surface area contributed by atoms with Gasteiger partial charge in [-0.3, -0.25) is 19.3 Å². The van der Waals surface area contributed by atoms with E-state index in [9.17, 15) is 9.59 Å². The van der Waals surface area contributed by atoms with E-state index in [0.717, 1.165) is 35.5 Å². The molecule has 0 unspecified atom stereocenters. The summed E-state index contributed by atoms with van der Waals surface area (Å²) < 4.78 is 7.22. The van der Waals surface area contributed by atoms with Gasteiger partial charge in [0.05, 0.1) is 5.69 Å². The lowest BCUT2D eigenvalue weighted by molar-refractivity contribution is 0.0961. The van der Waals surface area contributed by atoms with Crippen LogP contribution in [-0.2, 0) is 18.2 Å². The SMILES string of the molecule is Cn1cc2c(n1)C(=O)CCCCOCCCc1cc(ccn1)-c1nc(cs1)C(=O)N2. The van der Waals surface area contributed by atoms with Gasteiger partial charge in [0.1, 0.15) is 10.7 Å². The van der Waals surface area contributed by atoms with Gasteiger partial charge in [-0.25, -0.2) is 4.98 Å². The normalized spacial score (nSPS) is 16.2. The third-order valence-electron chi connectivity index (χ3n) is 4.81. The highest BCUT2D eigenvalue weighted by atomic mass is 32.1. The molecule has 9 heteroatoms. The molecule has 3 aromatic rings. The molecule has 0 saturated heterocycles. The van der Waals surface area contributed by atoms with E-state index in [1.807, 2.05) is 12.1 Å². The minimum atomic E-state index is -0.361. The summed E-state index contributed by atoms with van der Waals surface area (Å²) in [6.07, 6.45) is 6.96. The molecule has 4 heterocycles. The van der Waals surface area contributed by atoms with E-state index in [2.05, 4.69) is 20.4 Å². The first-order chi connectivity index (χ1) is 14.6. The van der Waals surface area contributed by atoms with Crippen LogP contribution in [0.25, 0.3) is 10.6 Å². The number of fused-ring (bicyclic) bond motifs is 6. The molecule has 0 aliphatic carbocycles. The number of carbonyl (C=O) groups is 2. The first-order valence-electron chi connectivity index (χ1n) is 9.97. The summed E-state index contributed by atoms with van der Waals surface area (Å²) in [6, 6.07) is 3.90. The number of amides is 1. The number of hydrogen-bond donors (Lipinski definition) is 1. The van der Waals surface area contributed by atoms with E-state index < -0.39 is 0 Å². The third kappa shape index (κ3) is 4.80. The molecule has 1 amide bonds. The highest BCUT2D eigenvalue weighted by molar-refractivity contribution is 7.13. The highest BCUT2D eigenvalue weighted by Crippen LogP contribution is 2.25. The van der Waals surface area contributed by atoms with Crippen molar-refractivity contribution in [2.45, 2.75) is 32.1 Å². The minimum absolute atomic E-state index is 0.0927. The van der Waals surface area contributed by atoms with E-state index in [4.69, 9.17) is 4.74 Å². The lowest BCUT2D eigenvalue weighted by atomic mass is 10.1. The molecule has 1 aliphatic rings. The maximum Gasteiger partial charge on any atom is 0.275 e. The number of nitrogens with one attached hydrogen (secondary N) is 1. The van der Waals surface area contributed by atoms with Gasteiger partial charge in [-0.1, -0.05) is 0 Å². The number of ether oxygens (including phenoxy) is 1. The Morgan fingerprint density at radius 3 is 2.93 bits per heavy atom. The number of carbonyl (C=O) groups excluding carboxylic acids is 2. The van der Waals surface area contributed by atoms with E-state index in [0.29, 0.717) is 37.4 Å². The molecule has 1 aliphatic heterocycles. The van der Waals surface area contributed by atoms with Crippen LogP contribution >= 0.6 is 11.3 Å². The summed E-state index contributed by atoms with van der Waals surface area (Å²) in [6.45, 7) is 1.28. The van der Waals surface area contributed by atoms with Crippen molar-refractivity contribution in [3.63, 3.8) is 0 Å². The molecule has 0 fully saturated rings. The Kier molecular flexibility index (Phi) is 6.29. The number of nitrogens with zero attached hydrogens (tertiary/aromatic N) is 4. The molecular weight excluding hydrogens is 402 g/mol. The summed E-state index contributed by atoms with van der Waals surface area (Å²) in [5.41, 5.74) is 2.89. The van der Waals surface area contributed by atoms with Crippen LogP contribution in [0, 0.1) is 0 Å². The molecule has 0 atom stereocenters. The second-order valence-corrected chi connectivity index (χ2v) is 8.05. The fourth-order valence-electron chi connectivity index (χ4n) is 3.30. The van der Waals surface area contributed by atoms with Crippen molar-refractivity contribution in [2.75, 3.05) is 18.5 Å². The Morgan fingerprint density at radius 2 is 2.03 bits per heavy atom. The molecular formula is C21H23N5O3S. The number of aromatic nitrogens is 4. The third-order valence-corrected chi connectivity index (χ3v) is 5.70. The Hall–Kier alpha value is -2.91. The number of anilines is 1. The smallest absolute Gasteiger partial charge is 0.275 e. The lowest BCUT2D eigenvalue weighted by Crippen LogP contribution is -2.14. The Bertz CT molecular complexity index is 1060. The molecule has 3 aromatic heterocycles. The van der Waals surface area contributed by atoms with Crippen LogP contribution in [0.4, 0.5) is 5.69 Å². The van der Waals surface area contributed by atoms with Gasteiger partial charge in [0.15, 0.2) is 11.5 Å². The van der Waals surface area contributed by atoms with E-state index in [-0.39, 0.29) is 17.4 Å². The zero-order valence-corrected chi connectivity index (χ0v) is 17.6. The number of pyridine rings is 1. The standard InChI is InChI=1S/C21H23N5O3S/c1-26-12-16-19(25-26)18(27)6-2-3-9-29-10-4-5-15-11-14(7-8-22-15)21-24-17(13-30-21)20(28)23-16/h7-8,11-13H,2-6,9-10H2,1H3,(H,23,28). The van der Waals surface area contributed by atoms with Gasteiger partial charge in [-0.15, -0.1) is 11.3 Å². The van der Waals surface area contributed by atoms with Crippen LogP contribution in [0.5, 0.6) is 0 Å². The summed E-state index contributed by atoms with van der Waals surface area (Å²) in [4.78, 5) is 34.2. The van der Waals surface area contributed by atoms with Gasteiger partial charge in [0.25, 0.3) is 5.91 Å². The van der Waals surface area contributed by atoms with Crippen LogP contribution in [0.2, 0.25) is 0 Å². The van der Waals surface area contributed by atoms with E-state index >= 15 is 0 Å². The zero-order chi connectivity index (χ0) is 20.9. The van der Waals surface area contributed by atoms with Gasteiger partial charge in [0.2, 0.25) is 0 Å². The predicted octanol–water partition coefficient (Wildman–Crippen LogP) is 3.51. The molecule has 0 saturated carbocycles. The topological polar surface area (TPSA) is 99.0 Å². The molecule has 30 heavy (non-hydrogen) atoms. The number of thiazole rings is 1. The fourth-order valence-corrected chi connectivity index (χ4v) is 4.09. The van der Waals surface area contributed by atoms with Crippen molar-refractivity contribution in [1.82, 2.24) is 19.7 Å². The van der Waals surface area contributed by atoms with Gasteiger partial charge in [0, 0.05) is 55.7 Å². The second-order valence-electron chi connectivity index (χ2n) is 7.19. The Labute approximate surface area is 178 Å². The van der Waals surface area contributed by atoms with Gasteiger partial charge >= 0.3 is 0 Å². The summed E-state index contributed by atoms with van der Waals surface area (Å²) >= 11 is 1.40. The summed E-state index contributed by atoms with van der Waals surface area (Å²) in [7, 11) is 1.72. The fraction of sp³-hybridized carbons (Fsp3) is 0.381. The number of hydrogen-bond acceptors (Lipinski definition) is 7. The molecule has 0 spiro atoms. The zero-order valence-electron chi connectivity index (χ0n) is 16.8. The molecule has 4 rings (SSSR count). The summed E-state index contributed by atoms with van der Waals surface area (Å²) in [5.74, 6) is -0.454. The van der Waals surface area contributed by atoms with Crippen LogP contribution in [0.1, 0.15) is 52.4 Å². The monoisotopic (exact) mass is 425 g/mol. The van der Waals surface area contributed by atoms with Crippen molar-refractivity contribution < 1.29 is 14.3 Å². The van der Waals surface area contributed by atoms with Crippen LogP contribution in [0.15, 0.2) is 29.9 Å². The summed E-state index contributed by atoms with van der Waals surface area (Å²) in [5, 5.41) is 9.50. The first kappa shape index (κ1) is 20.4. The first-order valence-corrected chi connectivity index (χ1v) is 10.8. The van der Waals surface area contributed by atoms with Crippen molar-refractivity contribution >= 4 is 28.7 Å². The average Bonchev–Trinajstić information content (AvgIpc) is 3.36. The lowest BCUT2D eigenvalue weighted by Gasteiger charge is -2.05. The van der Waals surface area contributed by atoms with Crippen LogP contribution < -0.4 is 5.32 Å². The van der Waals surface area contributed by atoms with Gasteiger partial charge in [-0.05, 0) is 37.8 Å². The van der Waals surface area contributed by atoms with Crippen molar-refractivity contribution in [3.8, 4) is 10.6 Å².